The van der Waals surface area contributed by atoms with Crippen LogP contribution in [-0.4, -0.2) is 34.2 Å². The maximum absolute atomic E-state index is 11.7. The van der Waals surface area contributed by atoms with Crippen LogP contribution in [0.15, 0.2) is 54.0 Å². The van der Waals surface area contributed by atoms with Crippen LogP contribution in [0, 0.1) is 0 Å². The minimum atomic E-state index is -0.0971. The SMILES string of the molecule is O=C(NCCOc1ccc(-c2ccccn2)nn1)c1cccs1. The van der Waals surface area contributed by atoms with Crippen LogP contribution in [0.5, 0.6) is 5.88 Å². The first-order chi connectivity index (χ1) is 11.3. The van der Waals surface area contributed by atoms with E-state index in [1.165, 1.54) is 11.3 Å². The van der Waals surface area contributed by atoms with Crippen molar-refractivity contribution in [2.45, 2.75) is 0 Å². The highest BCUT2D eigenvalue weighted by atomic mass is 32.1. The summed E-state index contributed by atoms with van der Waals surface area (Å²) in [6, 6.07) is 12.8. The normalized spacial score (nSPS) is 10.3. The first kappa shape index (κ1) is 15.1. The highest BCUT2D eigenvalue weighted by Crippen LogP contribution is 2.14. The van der Waals surface area contributed by atoms with Crippen molar-refractivity contribution >= 4 is 17.2 Å². The van der Waals surface area contributed by atoms with E-state index in [2.05, 4.69) is 20.5 Å². The second-order valence-corrected chi connectivity index (χ2v) is 5.50. The molecule has 0 bridgehead atoms. The Bertz CT molecular complexity index is 746. The Kier molecular flexibility index (Phi) is 4.90. The third kappa shape index (κ3) is 4.10. The highest BCUT2D eigenvalue weighted by molar-refractivity contribution is 7.12. The fraction of sp³-hybridized carbons (Fsp3) is 0.125. The van der Waals surface area contributed by atoms with Crippen LogP contribution in [0.1, 0.15) is 9.67 Å². The van der Waals surface area contributed by atoms with E-state index >= 15 is 0 Å². The summed E-state index contributed by atoms with van der Waals surface area (Å²) in [5.41, 5.74) is 1.44. The summed E-state index contributed by atoms with van der Waals surface area (Å²) in [7, 11) is 0. The van der Waals surface area contributed by atoms with E-state index in [1.54, 1.807) is 24.4 Å². The van der Waals surface area contributed by atoms with Crippen molar-refractivity contribution < 1.29 is 9.53 Å². The van der Waals surface area contributed by atoms with Gasteiger partial charge in [-0.2, -0.15) is 0 Å². The number of pyridine rings is 1. The fourth-order valence-corrected chi connectivity index (χ4v) is 2.50. The lowest BCUT2D eigenvalue weighted by Gasteiger charge is -2.06. The summed E-state index contributed by atoms with van der Waals surface area (Å²) < 4.78 is 5.46. The molecule has 1 N–H and O–H groups in total. The molecule has 0 aliphatic rings. The molecule has 23 heavy (non-hydrogen) atoms. The fourth-order valence-electron chi connectivity index (χ4n) is 1.86. The molecule has 1 amide bonds. The molecule has 0 saturated carbocycles. The second kappa shape index (κ2) is 7.46. The van der Waals surface area contributed by atoms with Crippen molar-refractivity contribution in [3.8, 4) is 17.3 Å². The van der Waals surface area contributed by atoms with Gasteiger partial charge < -0.3 is 10.1 Å². The van der Waals surface area contributed by atoms with Gasteiger partial charge >= 0.3 is 0 Å². The summed E-state index contributed by atoms with van der Waals surface area (Å²) in [5.74, 6) is 0.315. The number of hydrogen-bond donors (Lipinski definition) is 1. The van der Waals surface area contributed by atoms with Crippen LogP contribution in [0.3, 0.4) is 0 Å². The van der Waals surface area contributed by atoms with Gasteiger partial charge in [0.25, 0.3) is 5.91 Å². The second-order valence-electron chi connectivity index (χ2n) is 4.55. The first-order valence-electron chi connectivity index (χ1n) is 7.02. The lowest BCUT2D eigenvalue weighted by atomic mass is 10.2. The predicted octanol–water partition coefficient (Wildman–Crippen LogP) is 2.41. The molecule has 3 aromatic rings. The number of nitrogens with one attached hydrogen (secondary N) is 1. The maximum atomic E-state index is 11.7. The molecule has 6 nitrogen and oxygen atoms in total. The molecule has 0 aliphatic carbocycles. The minimum Gasteiger partial charge on any atom is -0.475 e. The molecule has 0 aromatic carbocycles. The Morgan fingerprint density at radius 2 is 2.04 bits per heavy atom. The summed E-state index contributed by atoms with van der Waals surface area (Å²) in [6.07, 6.45) is 1.71. The van der Waals surface area contributed by atoms with Crippen molar-refractivity contribution in [1.29, 1.82) is 0 Å². The maximum Gasteiger partial charge on any atom is 0.261 e. The number of thiophene rings is 1. The van der Waals surface area contributed by atoms with Gasteiger partial charge in [0.1, 0.15) is 12.3 Å². The molecule has 3 heterocycles. The van der Waals surface area contributed by atoms with Crippen LogP contribution < -0.4 is 10.1 Å². The average molecular weight is 326 g/mol. The third-order valence-corrected chi connectivity index (χ3v) is 3.82. The zero-order valence-electron chi connectivity index (χ0n) is 12.2. The number of carbonyl (C=O) groups is 1. The molecule has 7 heteroatoms. The molecule has 0 unspecified atom stereocenters. The Hall–Kier alpha value is -2.80. The zero-order chi connectivity index (χ0) is 15.9. The lowest BCUT2D eigenvalue weighted by molar-refractivity contribution is 0.0950. The quantitative estimate of drug-likeness (QED) is 0.704. The first-order valence-corrected chi connectivity index (χ1v) is 7.90. The number of aromatic nitrogens is 3. The number of carbonyl (C=O) groups excluding carboxylic acids is 1. The van der Waals surface area contributed by atoms with E-state index < -0.39 is 0 Å². The number of hydrogen-bond acceptors (Lipinski definition) is 6. The summed E-state index contributed by atoms with van der Waals surface area (Å²) in [5, 5.41) is 12.7. The lowest BCUT2D eigenvalue weighted by Crippen LogP contribution is -2.27. The summed E-state index contributed by atoms with van der Waals surface area (Å²) >= 11 is 1.40. The number of amides is 1. The largest absolute Gasteiger partial charge is 0.475 e. The third-order valence-electron chi connectivity index (χ3n) is 2.95. The van der Waals surface area contributed by atoms with E-state index in [4.69, 9.17) is 4.74 Å². The zero-order valence-corrected chi connectivity index (χ0v) is 13.0. The molecule has 0 radical (unpaired) electrons. The van der Waals surface area contributed by atoms with Crippen molar-refractivity contribution in [1.82, 2.24) is 20.5 Å². The summed E-state index contributed by atoms with van der Waals surface area (Å²) in [4.78, 5) is 16.6. The van der Waals surface area contributed by atoms with Crippen LogP contribution in [0.2, 0.25) is 0 Å². The van der Waals surface area contributed by atoms with E-state index in [9.17, 15) is 4.79 Å². The molecule has 0 spiro atoms. The molecule has 3 aromatic heterocycles. The van der Waals surface area contributed by atoms with Gasteiger partial charge in [0, 0.05) is 12.3 Å². The standard InChI is InChI=1S/C16H14N4O2S/c21-16(14-5-3-11-23-14)18-9-10-22-15-7-6-13(19-20-15)12-4-1-2-8-17-12/h1-8,11H,9-10H2,(H,18,21). The van der Waals surface area contributed by atoms with Crippen LogP contribution >= 0.6 is 11.3 Å². The van der Waals surface area contributed by atoms with Gasteiger partial charge in [-0.25, -0.2) is 0 Å². The highest BCUT2D eigenvalue weighted by Gasteiger charge is 2.06. The van der Waals surface area contributed by atoms with Crippen molar-refractivity contribution in [3.05, 3.63) is 58.9 Å². The molecule has 0 saturated heterocycles. The van der Waals surface area contributed by atoms with Gasteiger partial charge in [0.2, 0.25) is 5.88 Å². The number of rotatable bonds is 6. The van der Waals surface area contributed by atoms with Crippen LogP contribution in [0.4, 0.5) is 0 Å². The van der Waals surface area contributed by atoms with E-state index in [0.29, 0.717) is 29.6 Å². The molecular weight excluding hydrogens is 312 g/mol. The van der Waals surface area contributed by atoms with E-state index in [1.807, 2.05) is 29.6 Å². The molecular formula is C16H14N4O2S. The van der Waals surface area contributed by atoms with Crippen LogP contribution in [-0.2, 0) is 0 Å². The van der Waals surface area contributed by atoms with Gasteiger partial charge in [-0.05, 0) is 29.6 Å². The van der Waals surface area contributed by atoms with E-state index in [0.717, 1.165) is 5.69 Å². The molecule has 116 valence electrons. The number of nitrogens with zero attached hydrogens (tertiary/aromatic N) is 3. The van der Waals surface area contributed by atoms with E-state index in [-0.39, 0.29) is 5.91 Å². The average Bonchev–Trinajstić information content (AvgIpc) is 3.15. The molecule has 0 atom stereocenters. The van der Waals surface area contributed by atoms with Gasteiger partial charge in [0.15, 0.2) is 0 Å². The molecule has 0 fully saturated rings. The van der Waals surface area contributed by atoms with Gasteiger partial charge in [-0.3, -0.25) is 9.78 Å². The predicted molar refractivity (Wildman–Crippen MR) is 87.4 cm³/mol. The Morgan fingerprint density at radius 1 is 1.09 bits per heavy atom. The Labute approximate surface area is 137 Å². The van der Waals surface area contributed by atoms with Gasteiger partial charge in [-0.15, -0.1) is 21.5 Å². The minimum absolute atomic E-state index is 0.0971. The topological polar surface area (TPSA) is 77.0 Å². The van der Waals surface area contributed by atoms with Crippen molar-refractivity contribution in [2.24, 2.45) is 0 Å². The Morgan fingerprint density at radius 3 is 2.74 bits per heavy atom. The van der Waals surface area contributed by atoms with Gasteiger partial charge in [0.05, 0.1) is 17.1 Å². The Balaban J connectivity index is 1.47. The monoisotopic (exact) mass is 326 g/mol. The number of ether oxygens (including phenoxy) is 1. The summed E-state index contributed by atoms with van der Waals surface area (Å²) in [6.45, 7) is 0.731. The van der Waals surface area contributed by atoms with Gasteiger partial charge in [-0.1, -0.05) is 12.1 Å². The van der Waals surface area contributed by atoms with Crippen LogP contribution in [0.25, 0.3) is 11.4 Å². The smallest absolute Gasteiger partial charge is 0.261 e. The molecule has 3 rings (SSSR count). The molecule has 0 aliphatic heterocycles. The van der Waals surface area contributed by atoms with Crippen molar-refractivity contribution in [2.75, 3.05) is 13.2 Å². The van der Waals surface area contributed by atoms with Crippen molar-refractivity contribution in [3.63, 3.8) is 0 Å².